The van der Waals surface area contributed by atoms with Crippen molar-refractivity contribution in [3.8, 4) is 5.75 Å². The normalized spacial score (nSPS) is 23.9. The molecule has 3 saturated heterocycles. The van der Waals surface area contributed by atoms with Crippen LogP contribution in [0, 0.1) is 13.8 Å². The first-order valence-corrected chi connectivity index (χ1v) is 12.4. The summed E-state index contributed by atoms with van der Waals surface area (Å²) in [6, 6.07) is 12.8. The molecule has 3 heterocycles. The number of para-hydroxylation sites is 1. The molecule has 2 aromatic rings. The molecule has 3 fully saturated rings. The van der Waals surface area contributed by atoms with Crippen LogP contribution in [-0.2, 0) is 11.3 Å². The maximum Gasteiger partial charge on any atom is 0.337 e. The largest absolute Gasteiger partial charge is 0.496 e. The second-order valence-electron chi connectivity index (χ2n) is 8.95. The maximum absolute atomic E-state index is 13.5. The van der Waals surface area contributed by atoms with Gasteiger partial charge in [-0.2, -0.15) is 5.43 Å². The monoisotopic (exact) mass is 480 g/mol. The van der Waals surface area contributed by atoms with E-state index in [4.69, 9.17) is 4.74 Å². The molecule has 9 heteroatoms. The Bertz CT molecular complexity index is 1160. The highest BCUT2D eigenvalue weighted by Crippen LogP contribution is 2.40. The number of fused-ring (bicyclic) bond motifs is 3. The smallest absolute Gasteiger partial charge is 0.337 e. The van der Waals surface area contributed by atoms with E-state index in [1.54, 1.807) is 28.7 Å². The SMILES string of the molecule is COc1ccccc1CN1C(=O)C2SCCC2N2C(=O)N(CC(=O)c3ccc(C)cc3C)NC12. The van der Waals surface area contributed by atoms with Crippen molar-refractivity contribution in [1.29, 1.82) is 0 Å². The fourth-order valence-electron chi connectivity index (χ4n) is 5.08. The average molecular weight is 481 g/mol. The number of methoxy groups -OCH3 is 1. The molecule has 34 heavy (non-hydrogen) atoms. The summed E-state index contributed by atoms with van der Waals surface area (Å²) in [6.07, 6.45) is 0.114. The van der Waals surface area contributed by atoms with Crippen LogP contribution in [0.3, 0.4) is 0 Å². The summed E-state index contributed by atoms with van der Waals surface area (Å²) in [4.78, 5) is 43.5. The molecule has 0 spiro atoms. The number of rotatable bonds is 6. The lowest BCUT2D eigenvalue weighted by Gasteiger charge is -2.44. The molecule has 2 aromatic carbocycles. The lowest BCUT2D eigenvalue weighted by atomic mass is 10.0. The molecule has 0 aromatic heterocycles. The molecule has 3 aliphatic heterocycles. The van der Waals surface area contributed by atoms with Gasteiger partial charge in [0, 0.05) is 11.1 Å². The summed E-state index contributed by atoms with van der Waals surface area (Å²) in [6.45, 7) is 4.08. The van der Waals surface area contributed by atoms with Crippen LogP contribution >= 0.6 is 11.8 Å². The average Bonchev–Trinajstić information content (AvgIpc) is 3.42. The lowest BCUT2D eigenvalue weighted by molar-refractivity contribution is -0.145. The van der Waals surface area contributed by atoms with Crippen LogP contribution in [0.1, 0.15) is 33.5 Å². The molecule has 0 bridgehead atoms. The summed E-state index contributed by atoms with van der Waals surface area (Å²) >= 11 is 1.60. The van der Waals surface area contributed by atoms with Gasteiger partial charge in [0.15, 0.2) is 12.1 Å². The third-order valence-corrected chi connectivity index (χ3v) is 8.09. The number of hydrogen-bond donors (Lipinski definition) is 1. The molecule has 178 valence electrons. The Labute approximate surface area is 203 Å². The number of amides is 3. The van der Waals surface area contributed by atoms with E-state index in [9.17, 15) is 14.4 Å². The zero-order valence-electron chi connectivity index (χ0n) is 19.5. The molecule has 3 aliphatic rings. The minimum Gasteiger partial charge on any atom is -0.496 e. The fraction of sp³-hybridized carbons (Fsp3) is 0.400. The van der Waals surface area contributed by atoms with E-state index in [1.807, 2.05) is 56.3 Å². The Kier molecular flexibility index (Phi) is 5.99. The van der Waals surface area contributed by atoms with Gasteiger partial charge in [0.25, 0.3) is 0 Å². The van der Waals surface area contributed by atoms with Crippen molar-refractivity contribution in [1.82, 2.24) is 20.2 Å². The molecular weight excluding hydrogens is 452 g/mol. The van der Waals surface area contributed by atoms with Gasteiger partial charge in [-0.1, -0.05) is 42.0 Å². The van der Waals surface area contributed by atoms with E-state index in [0.717, 1.165) is 28.9 Å². The maximum atomic E-state index is 13.5. The number of aryl methyl sites for hydroxylation is 2. The molecule has 0 aliphatic carbocycles. The van der Waals surface area contributed by atoms with Gasteiger partial charge in [-0.15, -0.1) is 11.8 Å². The Balaban J connectivity index is 1.42. The Morgan fingerprint density at radius 1 is 1.18 bits per heavy atom. The van der Waals surface area contributed by atoms with Crippen LogP contribution in [0.4, 0.5) is 4.79 Å². The van der Waals surface area contributed by atoms with Crippen LogP contribution in [0.15, 0.2) is 42.5 Å². The number of urea groups is 1. The van der Waals surface area contributed by atoms with Gasteiger partial charge in [0.1, 0.15) is 17.5 Å². The number of thioether (sulfide) groups is 1. The van der Waals surface area contributed by atoms with Gasteiger partial charge in [-0.05, 0) is 37.7 Å². The van der Waals surface area contributed by atoms with Crippen molar-refractivity contribution in [2.75, 3.05) is 19.4 Å². The van der Waals surface area contributed by atoms with Gasteiger partial charge in [-0.3, -0.25) is 14.5 Å². The summed E-state index contributed by atoms with van der Waals surface area (Å²) in [5.41, 5.74) is 6.59. The van der Waals surface area contributed by atoms with E-state index < -0.39 is 6.29 Å². The van der Waals surface area contributed by atoms with Gasteiger partial charge < -0.3 is 9.64 Å². The number of Topliss-reactive ketones (excluding diaryl/α,β-unsaturated/α-hetero) is 1. The Morgan fingerprint density at radius 3 is 2.74 bits per heavy atom. The highest BCUT2D eigenvalue weighted by molar-refractivity contribution is 8.00. The molecule has 1 N–H and O–H groups in total. The first-order valence-electron chi connectivity index (χ1n) is 11.4. The van der Waals surface area contributed by atoms with Gasteiger partial charge >= 0.3 is 6.03 Å². The van der Waals surface area contributed by atoms with Crippen molar-refractivity contribution < 1.29 is 19.1 Å². The number of ether oxygens (including phenoxy) is 1. The van der Waals surface area contributed by atoms with Gasteiger partial charge in [0.05, 0.1) is 19.7 Å². The second-order valence-corrected chi connectivity index (χ2v) is 10.2. The third kappa shape index (κ3) is 3.82. The number of carbonyl (C=O) groups is 3. The zero-order chi connectivity index (χ0) is 24.0. The van der Waals surface area contributed by atoms with Crippen LogP contribution in [-0.4, -0.2) is 69.5 Å². The van der Waals surface area contributed by atoms with Crippen LogP contribution in [0.5, 0.6) is 5.75 Å². The first-order chi connectivity index (χ1) is 16.4. The predicted molar refractivity (Wildman–Crippen MR) is 129 cm³/mol. The summed E-state index contributed by atoms with van der Waals surface area (Å²) < 4.78 is 5.48. The molecule has 0 saturated carbocycles. The van der Waals surface area contributed by atoms with Crippen LogP contribution in [0.25, 0.3) is 0 Å². The molecule has 3 unspecified atom stereocenters. The molecular formula is C25H28N4O4S. The standard InChI is InChI=1S/C25H28N4O4S/c1-15-8-9-18(16(2)12-15)20(30)14-28-25(32)29-19-10-11-34-22(19)23(31)27(24(29)26-28)13-17-6-4-5-7-21(17)33-3/h4-9,12,19,22,24,26H,10-11,13-14H2,1-3H3. The number of nitrogens with zero attached hydrogens (tertiary/aromatic N) is 3. The molecule has 0 radical (unpaired) electrons. The van der Waals surface area contributed by atoms with Crippen LogP contribution < -0.4 is 10.2 Å². The van der Waals surface area contributed by atoms with Crippen molar-refractivity contribution >= 4 is 29.5 Å². The van der Waals surface area contributed by atoms with E-state index in [1.165, 1.54) is 5.01 Å². The van der Waals surface area contributed by atoms with E-state index in [2.05, 4.69) is 5.43 Å². The van der Waals surface area contributed by atoms with Gasteiger partial charge in [-0.25, -0.2) is 9.80 Å². The number of hydrazine groups is 1. The Hall–Kier alpha value is -3.04. The fourth-order valence-corrected chi connectivity index (χ4v) is 6.48. The van der Waals surface area contributed by atoms with E-state index >= 15 is 0 Å². The first kappa shape index (κ1) is 22.7. The van der Waals surface area contributed by atoms with Crippen molar-refractivity contribution in [2.24, 2.45) is 0 Å². The van der Waals surface area contributed by atoms with E-state index in [0.29, 0.717) is 17.9 Å². The van der Waals surface area contributed by atoms with Crippen molar-refractivity contribution in [3.05, 3.63) is 64.7 Å². The molecule has 8 nitrogen and oxygen atoms in total. The summed E-state index contributed by atoms with van der Waals surface area (Å²) in [5.74, 6) is 1.37. The summed E-state index contributed by atoms with van der Waals surface area (Å²) in [5, 5.41) is 1.06. The van der Waals surface area contributed by atoms with Crippen molar-refractivity contribution in [2.45, 2.75) is 44.4 Å². The predicted octanol–water partition coefficient (Wildman–Crippen LogP) is 2.94. The number of benzene rings is 2. The number of hydrogen-bond acceptors (Lipinski definition) is 6. The lowest BCUT2D eigenvalue weighted by Crippen LogP contribution is -2.65. The third-order valence-electron chi connectivity index (χ3n) is 6.74. The highest BCUT2D eigenvalue weighted by Gasteiger charge is 2.56. The quantitative estimate of drug-likeness (QED) is 0.641. The number of ketones is 1. The number of nitrogens with one attached hydrogen (secondary N) is 1. The highest BCUT2D eigenvalue weighted by atomic mass is 32.2. The van der Waals surface area contributed by atoms with E-state index in [-0.39, 0.29) is 35.6 Å². The minimum absolute atomic E-state index is 0.00233. The van der Waals surface area contributed by atoms with Crippen molar-refractivity contribution in [3.63, 3.8) is 0 Å². The zero-order valence-corrected chi connectivity index (χ0v) is 20.3. The Morgan fingerprint density at radius 2 is 1.97 bits per heavy atom. The molecule has 5 rings (SSSR count). The number of carbonyl (C=O) groups excluding carboxylic acids is 3. The molecule has 3 amide bonds. The summed E-state index contributed by atoms with van der Waals surface area (Å²) in [7, 11) is 1.60. The van der Waals surface area contributed by atoms with Gasteiger partial charge in [0.2, 0.25) is 5.91 Å². The molecule has 3 atom stereocenters. The topological polar surface area (TPSA) is 82.2 Å². The minimum atomic E-state index is -0.642. The van der Waals surface area contributed by atoms with Crippen LogP contribution in [0.2, 0.25) is 0 Å². The second kappa shape index (κ2) is 8.96.